The number of rotatable bonds is 2. The van der Waals surface area contributed by atoms with Crippen molar-refractivity contribution in [2.24, 2.45) is 28.6 Å². The molecule has 0 amide bonds. The number of ether oxygens (including phenoxy) is 2. The molecule has 6 heteroatoms. The number of epoxide rings is 1. The van der Waals surface area contributed by atoms with E-state index < -0.39 is 23.4 Å². The number of hydrogen-bond donors (Lipinski definition) is 2. The number of ketones is 1. The molecule has 5 aliphatic rings. The van der Waals surface area contributed by atoms with Gasteiger partial charge in [-0.2, -0.15) is 0 Å². The Hall–Kier alpha value is -0.980. The Balaban J connectivity index is 1.49. The predicted molar refractivity (Wildman–Crippen MR) is 94.4 cm³/mol. The fraction of sp³-hybridized carbons (Fsp3) is 0.905. The van der Waals surface area contributed by atoms with Crippen molar-refractivity contribution in [3.8, 4) is 0 Å². The van der Waals surface area contributed by atoms with Crippen molar-refractivity contribution in [2.45, 2.75) is 82.7 Å². The van der Waals surface area contributed by atoms with Gasteiger partial charge in [0.05, 0.1) is 0 Å². The van der Waals surface area contributed by atoms with E-state index in [1.54, 1.807) is 0 Å². The van der Waals surface area contributed by atoms with Crippen molar-refractivity contribution < 1.29 is 29.3 Å². The Bertz CT molecular complexity index is 707. The fourth-order valence-corrected chi connectivity index (χ4v) is 7.86. The van der Waals surface area contributed by atoms with E-state index in [1.165, 1.54) is 0 Å². The zero-order valence-electron chi connectivity index (χ0n) is 16.2. The summed E-state index contributed by atoms with van der Waals surface area (Å²) in [6.45, 7) is 3.73. The molecule has 8 atom stereocenters. The Morgan fingerprint density at radius 3 is 2.52 bits per heavy atom. The van der Waals surface area contributed by atoms with Crippen LogP contribution in [0, 0.1) is 28.6 Å². The Morgan fingerprint density at radius 1 is 1.07 bits per heavy atom. The molecular weight excluding hydrogens is 348 g/mol. The second-order valence-corrected chi connectivity index (χ2v) is 10.1. The van der Waals surface area contributed by atoms with Gasteiger partial charge in [0.15, 0.2) is 5.78 Å². The zero-order valence-corrected chi connectivity index (χ0v) is 16.2. The predicted octanol–water partition coefficient (Wildman–Crippen LogP) is 1.95. The molecule has 0 aromatic heterocycles. The minimum atomic E-state index is -1.41. The summed E-state index contributed by atoms with van der Waals surface area (Å²) < 4.78 is 11.5. The van der Waals surface area contributed by atoms with Crippen LogP contribution in [0.2, 0.25) is 0 Å². The Labute approximate surface area is 159 Å². The SMILES string of the molecule is C[C@]12CC[C@H]3[C@@H](CC[C@]45O[C@H]4OC(=O)CC[C@]35C)[C@@H]1CC[C@@]2(O)C(=O)CO. The third kappa shape index (κ3) is 1.97. The highest BCUT2D eigenvalue weighted by Gasteiger charge is 2.76. The first-order chi connectivity index (χ1) is 12.7. The summed E-state index contributed by atoms with van der Waals surface area (Å²) >= 11 is 0. The van der Waals surface area contributed by atoms with Crippen molar-refractivity contribution in [1.29, 1.82) is 0 Å². The van der Waals surface area contributed by atoms with Crippen LogP contribution in [0.5, 0.6) is 0 Å². The summed E-state index contributed by atoms with van der Waals surface area (Å²) in [5, 5.41) is 20.7. The molecule has 0 aromatic carbocycles. The monoisotopic (exact) mass is 378 g/mol. The standard InChI is InChI=1S/C21H30O6/c1-18-7-4-14-12(13(18)5-9-20(18,25)15(23)11-22)3-10-21-17(27-21)26-16(24)6-8-19(14,21)2/h12-14,17,22,25H,3-11H2,1-2H3/t12-,13-,14-,17+,18-,19+,20+,21-/m0/s1. The van der Waals surface area contributed by atoms with Crippen LogP contribution in [0.25, 0.3) is 0 Å². The van der Waals surface area contributed by atoms with Gasteiger partial charge < -0.3 is 19.7 Å². The molecule has 3 aliphatic carbocycles. The molecule has 0 unspecified atom stereocenters. The third-order valence-corrected chi connectivity index (χ3v) is 9.56. The maximum absolute atomic E-state index is 12.4. The zero-order chi connectivity index (χ0) is 19.2. The van der Waals surface area contributed by atoms with Crippen LogP contribution in [0.4, 0.5) is 0 Å². The van der Waals surface area contributed by atoms with E-state index in [2.05, 4.69) is 13.8 Å². The number of esters is 1. The van der Waals surface area contributed by atoms with Crippen LogP contribution in [0.3, 0.4) is 0 Å². The lowest BCUT2D eigenvalue weighted by molar-refractivity contribution is -0.171. The van der Waals surface area contributed by atoms with E-state index in [9.17, 15) is 19.8 Å². The summed E-state index contributed by atoms with van der Waals surface area (Å²) in [6, 6.07) is 0. The van der Waals surface area contributed by atoms with Gasteiger partial charge in [0.25, 0.3) is 0 Å². The number of fused-ring (bicyclic) bond motifs is 4. The minimum Gasteiger partial charge on any atom is -0.432 e. The molecule has 2 heterocycles. The molecule has 2 saturated heterocycles. The second kappa shape index (κ2) is 5.33. The molecule has 5 rings (SSSR count). The van der Waals surface area contributed by atoms with Gasteiger partial charge in [0, 0.05) is 17.3 Å². The summed E-state index contributed by atoms with van der Waals surface area (Å²) in [7, 11) is 0. The molecular formula is C21H30O6. The first kappa shape index (κ1) is 18.1. The molecule has 0 radical (unpaired) electrons. The molecule has 6 nitrogen and oxygen atoms in total. The number of carbonyl (C=O) groups is 2. The molecule has 0 aromatic rings. The molecule has 0 bridgehead atoms. The van der Waals surface area contributed by atoms with Gasteiger partial charge in [-0.1, -0.05) is 13.8 Å². The highest BCUT2D eigenvalue weighted by atomic mass is 16.8. The van der Waals surface area contributed by atoms with Crippen LogP contribution in [-0.4, -0.2) is 46.1 Å². The van der Waals surface area contributed by atoms with Crippen LogP contribution < -0.4 is 0 Å². The molecule has 1 spiro atoms. The molecule has 150 valence electrons. The number of hydrogen-bond acceptors (Lipinski definition) is 6. The van der Waals surface area contributed by atoms with Gasteiger partial charge in [-0.25, -0.2) is 0 Å². The van der Waals surface area contributed by atoms with Crippen molar-refractivity contribution in [1.82, 2.24) is 0 Å². The number of carbonyl (C=O) groups excluding carboxylic acids is 2. The van der Waals surface area contributed by atoms with E-state index >= 15 is 0 Å². The maximum atomic E-state index is 12.4. The molecule has 2 aliphatic heterocycles. The largest absolute Gasteiger partial charge is 0.432 e. The van der Waals surface area contributed by atoms with Gasteiger partial charge in [-0.05, 0) is 62.7 Å². The summed E-state index contributed by atoms with van der Waals surface area (Å²) in [5.41, 5.74) is -2.32. The average Bonchev–Trinajstić information content (AvgIpc) is 3.28. The van der Waals surface area contributed by atoms with Crippen LogP contribution in [0.15, 0.2) is 0 Å². The molecule has 27 heavy (non-hydrogen) atoms. The molecule has 3 saturated carbocycles. The van der Waals surface area contributed by atoms with Crippen molar-refractivity contribution in [2.75, 3.05) is 6.61 Å². The highest BCUT2D eigenvalue weighted by Crippen LogP contribution is 2.72. The van der Waals surface area contributed by atoms with E-state index in [0.717, 1.165) is 38.5 Å². The Morgan fingerprint density at radius 2 is 1.78 bits per heavy atom. The Kier molecular flexibility index (Phi) is 3.57. The van der Waals surface area contributed by atoms with Crippen LogP contribution in [0.1, 0.15) is 65.2 Å². The van der Waals surface area contributed by atoms with E-state index in [-0.39, 0.29) is 29.2 Å². The number of aliphatic hydroxyl groups is 2. The molecule has 2 N–H and O–H groups in total. The second-order valence-electron chi connectivity index (χ2n) is 10.1. The van der Waals surface area contributed by atoms with E-state index in [4.69, 9.17) is 9.47 Å². The van der Waals surface area contributed by atoms with E-state index in [0.29, 0.717) is 24.7 Å². The molecule has 5 fully saturated rings. The van der Waals surface area contributed by atoms with Gasteiger partial charge in [-0.15, -0.1) is 0 Å². The highest BCUT2D eigenvalue weighted by molar-refractivity contribution is 5.89. The quantitative estimate of drug-likeness (QED) is 0.563. The van der Waals surface area contributed by atoms with E-state index in [1.807, 2.05) is 0 Å². The normalized spacial score (nSPS) is 56.1. The number of Topliss-reactive ketones (excluding diaryl/α,β-unsaturated/α-hetero) is 1. The van der Waals surface area contributed by atoms with Crippen LogP contribution >= 0.6 is 0 Å². The smallest absolute Gasteiger partial charge is 0.308 e. The van der Waals surface area contributed by atoms with Crippen molar-refractivity contribution in [3.63, 3.8) is 0 Å². The summed E-state index contributed by atoms with van der Waals surface area (Å²) in [5.74, 6) is 0.508. The van der Waals surface area contributed by atoms with Crippen LogP contribution in [-0.2, 0) is 19.1 Å². The van der Waals surface area contributed by atoms with Crippen molar-refractivity contribution >= 4 is 11.8 Å². The lowest BCUT2D eigenvalue weighted by Crippen LogP contribution is -2.60. The van der Waals surface area contributed by atoms with Gasteiger partial charge >= 0.3 is 5.97 Å². The van der Waals surface area contributed by atoms with Gasteiger partial charge in [0.1, 0.15) is 17.8 Å². The maximum Gasteiger partial charge on any atom is 0.308 e. The lowest BCUT2D eigenvalue weighted by Gasteiger charge is -2.58. The third-order valence-electron chi connectivity index (χ3n) is 9.56. The minimum absolute atomic E-state index is 0.101. The number of aliphatic hydroxyl groups excluding tert-OH is 1. The summed E-state index contributed by atoms with van der Waals surface area (Å²) in [6.07, 6.45) is 5.65. The van der Waals surface area contributed by atoms with Gasteiger partial charge in [0.2, 0.25) is 6.29 Å². The first-order valence-corrected chi connectivity index (χ1v) is 10.5. The topological polar surface area (TPSA) is 96.4 Å². The summed E-state index contributed by atoms with van der Waals surface area (Å²) in [4.78, 5) is 24.4. The first-order valence-electron chi connectivity index (χ1n) is 10.5. The van der Waals surface area contributed by atoms with Crippen molar-refractivity contribution in [3.05, 3.63) is 0 Å². The lowest BCUT2D eigenvalue weighted by atomic mass is 9.45. The fourth-order valence-electron chi connectivity index (χ4n) is 7.86. The average molecular weight is 378 g/mol. The van der Waals surface area contributed by atoms with Gasteiger partial charge in [-0.3, -0.25) is 9.59 Å².